The van der Waals surface area contributed by atoms with E-state index < -0.39 is 0 Å². The standard InChI is InChI=1S/C21H18N2O2/c1-16(18-11-7-4-8-12-18)21-19(20(23(24)25)15-22(21)2)14-13-17-9-5-3-6-10-17/h3-15H,1H2,2H3/b14-13+. The molecule has 0 aliphatic rings. The summed E-state index contributed by atoms with van der Waals surface area (Å²) in [7, 11) is 1.80. The van der Waals surface area contributed by atoms with Gasteiger partial charge in [0.1, 0.15) is 0 Å². The van der Waals surface area contributed by atoms with Gasteiger partial charge < -0.3 is 4.57 Å². The molecule has 2 aromatic carbocycles. The highest BCUT2D eigenvalue weighted by molar-refractivity contribution is 5.87. The van der Waals surface area contributed by atoms with Crippen molar-refractivity contribution in [2.75, 3.05) is 0 Å². The Balaban J connectivity index is 2.11. The third-order valence-electron chi connectivity index (χ3n) is 4.05. The average Bonchev–Trinajstić information content (AvgIpc) is 2.97. The van der Waals surface area contributed by atoms with Crippen molar-refractivity contribution >= 4 is 23.4 Å². The van der Waals surface area contributed by atoms with Crippen LogP contribution >= 0.6 is 0 Å². The van der Waals surface area contributed by atoms with Gasteiger partial charge in [0.05, 0.1) is 22.4 Å². The van der Waals surface area contributed by atoms with Gasteiger partial charge in [-0.25, -0.2) is 0 Å². The Morgan fingerprint density at radius 1 is 1.04 bits per heavy atom. The maximum absolute atomic E-state index is 11.5. The molecule has 0 amide bonds. The van der Waals surface area contributed by atoms with Crippen molar-refractivity contribution < 1.29 is 4.92 Å². The number of aromatic nitrogens is 1. The molecule has 0 saturated carbocycles. The van der Waals surface area contributed by atoms with E-state index >= 15 is 0 Å². The highest BCUT2D eigenvalue weighted by Crippen LogP contribution is 2.33. The molecule has 124 valence electrons. The first-order valence-electron chi connectivity index (χ1n) is 7.89. The van der Waals surface area contributed by atoms with Crippen molar-refractivity contribution in [2.24, 2.45) is 7.05 Å². The lowest BCUT2D eigenvalue weighted by Crippen LogP contribution is -1.97. The van der Waals surface area contributed by atoms with Crippen LogP contribution in [0.3, 0.4) is 0 Å². The predicted octanol–water partition coefficient (Wildman–Crippen LogP) is 5.17. The Labute approximate surface area is 146 Å². The molecule has 4 nitrogen and oxygen atoms in total. The van der Waals surface area contributed by atoms with Crippen LogP contribution in [0.4, 0.5) is 5.69 Å². The van der Waals surface area contributed by atoms with E-state index in [4.69, 9.17) is 0 Å². The van der Waals surface area contributed by atoms with Crippen LogP contribution in [0.2, 0.25) is 0 Å². The zero-order chi connectivity index (χ0) is 17.8. The molecule has 0 radical (unpaired) electrons. The Bertz CT molecular complexity index is 939. The molecule has 4 heteroatoms. The first-order valence-corrected chi connectivity index (χ1v) is 7.89. The van der Waals surface area contributed by atoms with Crippen LogP contribution in [0.5, 0.6) is 0 Å². The van der Waals surface area contributed by atoms with Crippen LogP contribution in [-0.4, -0.2) is 9.49 Å². The fourth-order valence-electron chi connectivity index (χ4n) is 2.83. The Morgan fingerprint density at radius 2 is 1.64 bits per heavy atom. The van der Waals surface area contributed by atoms with E-state index in [1.165, 1.54) is 6.20 Å². The molecule has 3 aromatic rings. The van der Waals surface area contributed by atoms with Crippen molar-refractivity contribution in [1.29, 1.82) is 0 Å². The van der Waals surface area contributed by atoms with E-state index in [0.29, 0.717) is 5.56 Å². The fourth-order valence-corrected chi connectivity index (χ4v) is 2.83. The van der Waals surface area contributed by atoms with Gasteiger partial charge in [0, 0.05) is 7.05 Å². The smallest absolute Gasteiger partial charge is 0.294 e. The highest BCUT2D eigenvalue weighted by Gasteiger charge is 2.22. The molecule has 0 aliphatic heterocycles. The first kappa shape index (κ1) is 16.5. The Kier molecular flexibility index (Phi) is 4.61. The molecule has 25 heavy (non-hydrogen) atoms. The molecule has 0 atom stereocenters. The summed E-state index contributed by atoms with van der Waals surface area (Å²) in [6.07, 6.45) is 5.20. The molecule has 0 N–H and O–H groups in total. The number of nitrogens with zero attached hydrogens (tertiary/aromatic N) is 2. The van der Waals surface area contributed by atoms with Crippen LogP contribution in [0.15, 0.2) is 73.4 Å². The van der Waals surface area contributed by atoms with Gasteiger partial charge in [0.2, 0.25) is 0 Å². The van der Waals surface area contributed by atoms with Gasteiger partial charge in [-0.05, 0) is 22.8 Å². The predicted molar refractivity (Wildman–Crippen MR) is 102 cm³/mol. The molecule has 0 fully saturated rings. The van der Waals surface area contributed by atoms with Gasteiger partial charge in [-0.2, -0.15) is 0 Å². The van der Waals surface area contributed by atoms with Gasteiger partial charge in [0.25, 0.3) is 5.69 Å². The van der Waals surface area contributed by atoms with E-state index in [9.17, 15) is 10.1 Å². The van der Waals surface area contributed by atoms with E-state index in [1.54, 1.807) is 17.7 Å². The minimum Gasteiger partial charge on any atom is -0.344 e. The van der Waals surface area contributed by atoms with Crippen molar-refractivity contribution in [3.63, 3.8) is 0 Å². The normalized spacial score (nSPS) is 10.9. The van der Waals surface area contributed by atoms with E-state index in [2.05, 4.69) is 6.58 Å². The molecular weight excluding hydrogens is 312 g/mol. The number of rotatable bonds is 5. The molecule has 0 spiro atoms. The van der Waals surface area contributed by atoms with Gasteiger partial charge in [-0.3, -0.25) is 10.1 Å². The summed E-state index contributed by atoms with van der Waals surface area (Å²) < 4.78 is 1.76. The van der Waals surface area contributed by atoms with Gasteiger partial charge in [-0.15, -0.1) is 0 Å². The van der Waals surface area contributed by atoms with Crippen molar-refractivity contribution in [3.8, 4) is 0 Å². The summed E-state index contributed by atoms with van der Waals surface area (Å²) >= 11 is 0. The Morgan fingerprint density at radius 3 is 2.24 bits per heavy atom. The SMILES string of the molecule is C=C(c1ccccc1)c1c(/C=C/c2ccccc2)c([N+](=O)[O-])cn1C. The van der Waals surface area contributed by atoms with Gasteiger partial charge >= 0.3 is 0 Å². The number of aryl methyl sites for hydroxylation is 1. The molecule has 0 saturated heterocycles. The summed E-state index contributed by atoms with van der Waals surface area (Å²) in [5, 5.41) is 11.5. The van der Waals surface area contributed by atoms with Gasteiger partial charge in [-0.1, -0.05) is 73.3 Å². The molecular formula is C21H18N2O2. The maximum Gasteiger partial charge on any atom is 0.294 e. The van der Waals surface area contributed by atoms with Crippen LogP contribution in [0.25, 0.3) is 17.7 Å². The summed E-state index contributed by atoms with van der Waals surface area (Å²) in [5.74, 6) is 0. The average molecular weight is 330 g/mol. The minimum atomic E-state index is -0.355. The zero-order valence-corrected chi connectivity index (χ0v) is 13.9. The summed E-state index contributed by atoms with van der Waals surface area (Å²) in [4.78, 5) is 11.1. The number of hydrogen-bond donors (Lipinski definition) is 0. The van der Waals surface area contributed by atoms with Gasteiger partial charge in [0.15, 0.2) is 0 Å². The topological polar surface area (TPSA) is 48.1 Å². The van der Waals surface area contributed by atoms with Crippen LogP contribution in [0.1, 0.15) is 22.4 Å². The molecule has 0 unspecified atom stereocenters. The summed E-state index contributed by atoms with van der Waals surface area (Å²) in [5.41, 5.74) is 4.05. The fraction of sp³-hybridized carbons (Fsp3) is 0.0476. The number of benzene rings is 2. The third-order valence-corrected chi connectivity index (χ3v) is 4.05. The van der Waals surface area contributed by atoms with E-state index in [-0.39, 0.29) is 10.6 Å². The largest absolute Gasteiger partial charge is 0.344 e. The van der Waals surface area contributed by atoms with Crippen molar-refractivity contribution in [2.45, 2.75) is 0 Å². The lowest BCUT2D eigenvalue weighted by atomic mass is 10.0. The zero-order valence-electron chi connectivity index (χ0n) is 13.9. The molecule has 0 aliphatic carbocycles. The van der Waals surface area contributed by atoms with E-state index in [0.717, 1.165) is 22.4 Å². The molecule has 1 aromatic heterocycles. The first-order chi connectivity index (χ1) is 12.1. The highest BCUT2D eigenvalue weighted by atomic mass is 16.6. The second kappa shape index (κ2) is 7.01. The summed E-state index contributed by atoms with van der Waals surface area (Å²) in [6.45, 7) is 4.17. The molecule has 1 heterocycles. The van der Waals surface area contributed by atoms with E-state index in [1.807, 2.05) is 66.7 Å². The van der Waals surface area contributed by atoms with Crippen LogP contribution in [-0.2, 0) is 7.05 Å². The molecule has 3 rings (SSSR count). The quantitative estimate of drug-likeness (QED) is 0.479. The minimum absolute atomic E-state index is 0.0711. The summed E-state index contributed by atoms with van der Waals surface area (Å²) in [6, 6.07) is 19.4. The maximum atomic E-state index is 11.5. The monoisotopic (exact) mass is 330 g/mol. The number of hydrogen-bond acceptors (Lipinski definition) is 2. The molecule has 0 bridgehead atoms. The lowest BCUT2D eigenvalue weighted by molar-refractivity contribution is -0.385. The Hall–Kier alpha value is -3.40. The van der Waals surface area contributed by atoms with Crippen molar-refractivity contribution in [1.82, 2.24) is 4.57 Å². The second-order valence-corrected chi connectivity index (χ2v) is 5.73. The lowest BCUT2D eigenvalue weighted by Gasteiger charge is -2.09. The van der Waals surface area contributed by atoms with Crippen molar-refractivity contribution in [3.05, 3.63) is 106 Å². The third kappa shape index (κ3) is 3.43. The number of nitro groups is 1. The van der Waals surface area contributed by atoms with Crippen LogP contribution < -0.4 is 0 Å². The van der Waals surface area contributed by atoms with Crippen LogP contribution in [0, 0.1) is 10.1 Å². The second-order valence-electron chi connectivity index (χ2n) is 5.73.